The van der Waals surface area contributed by atoms with Crippen LogP contribution in [-0.2, 0) is 0 Å². The molecule has 0 N–H and O–H groups in total. The maximum atomic E-state index is 5.90. The van der Waals surface area contributed by atoms with E-state index < -0.39 is 0 Å². The first-order valence-electron chi connectivity index (χ1n) is 6.17. The van der Waals surface area contributed by atoms with Crippen LogP contribution in [0.25, 0.3) is 11.3 Å². The number of pyridine rings is 1. The van der Waals surface area contributed by atoms with Gasteiger partial charge in [-0.3, -0.25) is 4.98 Å². The molecule has 2 aromatic carbocycles. The van der Waals surface area contributed by atoms with Gasteiger partial charge in [0.1, 0.15) is 11.4 Å². The standard InChI is InChI=1S/C17H13NO/c1-3-8-14(9-4-1)17-16(12-7-13-18-17)19-15-10-5-2-6-11-15/h1-13H. The van der Waals surface area contributed by atoms with Crippen LogP contribution in [-0.4, -0.2) is 4.98 Å². The van der Waals surface area contributed by atoms with Crippen molar-refractivity contribution in [2.45, 2.75) is 0 Å². The molecule has 0 radical (unpaired) electrons. The van der Waals surface area contributed by atoms with Gasteiger partial charge in [0.2, 0.25) is 0 Å². The van der Waals surface area contributed by atoms with Crippen LogP contribution in [0.15, 0.2) is 79.0 Å². The summed E-state index contributed by atoms with van der Waals surface area (Å²) in [6.07, 6.45) is 1.78. The van der Waals surface area contributed by atoms with Gasteiger partial charge in [-0.15, -0.1) is 0 Å². The van der Waals surface area contributed by atoms with Gasteiger partial charge in [0, 0.05) is 11.8 Å². The summed E-state index contributed by atoms with van der Waals surface area (Å²) in [5.74, 6) is 1.58. The number of hydrogen-bond acceptors (Lipinski definition) is 2. The molecule has 1 aromatic heterocycles. The first kappa shape index (κ1) is 11.5. The van der Waals surface area contributed by atoms with Gasteiger partial charge in [-0.25, -0.2) is 0 Å². The van der Waals surface area contributed by atoms with E-state index in [1.807, 2.05) is 72.8 Å². The van der Waals surface area contributed by atoms with Crippen molar-refractivity contribution in [2.24, 2.45) is 0 Å². The van der Waals surface area contributed by atoms with Crippen molar-refractivity contribution >= 4 is 0 Å². The van der Waals surface area contributed by atoms with Crippen LogP contribution in [0.1, 0.15) is 0 Å². The lowest BCUT2D eigenvalue weighted by Gasteiger charge is -2.10. The van der Waals surface area contributed by atoms with E-state index in [-0.39, 0.29) is 0 Å². The molecular formula is C17H13NO. The fourth-order valence-electron chi connectivity index (χ4n) is 1.90. The highest BCUT2D eigenvalue weighted by molar-refractivity contribution is 5.66. The topological polar surface area (TPSA) is 22.1 Å². The maximum Gasteiger partial charge on any atom is 0.153 e. The summed E-state index contributed by atoms with van der Waals surface area (Å²) in [6, 6.07) is 23.6. The molecule has 3 aromatic rings. The molecule has 0 aliphatic carbocycles. The predicted molar refractivity (Wildman–Crippen MR) is 76.2 cm³/mol. The van der Waals surface area contributed by atoms with Crippen LogP contribution in [0.5, 0.6) is 11.5 Å². The second kappa shape index (κ2) is 5.36. The smallest absolute Gasteiger partial charge is 0.153 e. The zero-order chi connectivity index (χ0) is 12.9. The quantitative estimate of drug-likeness (QED) is 0.677. The third kappa shape index (κ3) is 2.63. The van der Waals surface area contributed by atoms with Crippen LogP contribution >= 0.6 is 0 Å². The molecule has 0 saturated carbocycles. The largest absolute Gasteiger partial charge is 0.455 e. The molecule has 19 heavy (non-hydrogen) atoms. The minimum absolute atomic E-state index is 0.764. The summed E-state index contributed by atoms with van der Waals surface area (Å²) in [5.41, 5.74) is 1.90. The molecule has 0 atom stereocenters. The fraction of sp³-hybridized carbons (Fsp3) is 0. The second-order valence-electron chi connectivity index (χ2n) is 4.13. The van der Waals surface area contributed by atoms with Crippen molar-refractivity contribution in [2.75, 3.05) is 0 Å². The molecule has 0 bridgehead atoms. The molecule has 0 unspecified atom stereocenters. The molecule has 0 fully saturated rings. The number of rotatable bonds is 3. The van der Waals surface area contributed by atoms with E-state index in [0.29, 0.717) is 0 Å². The zero-order valence-electron chi connectivity index (χ0n) is 10.4. The van der Waals surface area contributed by atoms with E-state index in [4.69, 9.17) is 4.74 Å². The molecule has 3 rings (SSSR count). The van der Waals surface area contributed by atoms with Gasteiger partial charge in [0.25, 0.3) is 0 Å². The molecule has 2 nitrogen and oxygen atoms in total. The Balaban J connectivity index is 1.99. The van der Waals surface area contributed by atoms with Crippen LogP contribution in [0.4, 0.5) is 0 Å². The average molecular weight is 247 g/mol. The Bertz CT molecular complexity index is 650. The molecule has 0 aliphatic rings. The summed E-state index contributed by atoms with van der Waals surface area (Å²) in [4.78, 5) is 4.42. The Hall–Kier alpha value is -2.61. The van der Waals surface area contributed by atoms with Crippen LogP contribution in [0.2, 0.25) is 0 Å². The van der Waals surface area contributed by atoms with E-state index in [0.717, 1.165) is 22.8 Å². The SMILES string of the molecule is c1ccc(Oc2cccnc2-c2ccccc2)cc1. The Morgan fingerprint density at radius 3 is 2.11 bits per heavy atom. The van der Waals surface area contributed by atoms with Crippen LogP contribution in [0.3, 0.4) is 0 Å². The highest BCUT2D eigenvalue weighted by Crippen LogP contribution is 2.30. The normalized spacial score (nSPS) is 10.1. The second-order valence-corrected chi connectivity index (χ2v) is 4.13. The number of nitrogens with zero attached hydrogens (tertiary/aromatic N) is 1. The minimum Gasteiger partial charge on any atom is -0.455 e. The lowest BCUT2D eigenvalue weighted by molar-refractivity contribution is 0.482. The number of benzene rings is 2. The van der Waals surface area contributed by atoms with Gasteiger partial charge in [-0.1, -0.05) is 48.5 Å². The highest BCUT2D eigenvalue weighted by atomic mass is 16.5. The third-order valence-corrected chi connectivity index (χ3v) is 2.79. The Kier molecular flexibility index (Phi) is 3.24. The Morgan fingerprint density at radius 2 is 1.37 bits per heavy atom. The van der Waals surface area contributed by atoms with E-state index in [2.05, 4.69) is 4.98 Å². The first-order valence-corrected chi connectivity index (χ1v) is 6.17. The zero-order valence-corrected chi connectivity index (χ0v) is 10.4. The maximum absolute atomic E-state index is 5.90. The van der Waals surface area contributed by atoms with Gasteiger partial charge in [-0.05, 0) is 24.3 Å². The monoisotopic (exact) mass is 247 g/mol. The van der Waals surface area contributed by atoms with E-state index in [9.17, 15) is 0 Å². The van der Waals surface area contributed by atoms with Crippen LogP contribution in [0, 0.1) is 0 Å². The lowest BCUT2D eigenvalue weighted by Crippen LogP contribution is -1.90. The molecule has 0 saturated heterocycles. The number of ether oxygens (including phenoxy) is 1. The van der Waals surface area contributed by atoms with Crippen molar-refractivity contribution < 1.29 is 4.74 Å². The van der Waals surface area contributed by atoms with E-state index >= 15 is 0 Å². The summed E-state index contributed by atoms with van der Waals surface area (Å²) in [7, 11) is 0. The van der Waals surface area contributed by atoms with Gasteiger partial charge in [-0.2, -0.15) is 0 Å². The summed E-state index contributed by atoms with van der Waals surface area (Å²) in [6.45, 7) is 0. The number of aromatic nitrogens is 1. The molecule has 2 heteroatoms. The molecule has 0 aliphatic heterocycles. The van der Waals surface area contributed by atoms with Gasteiger partial charge < -0.3 is 4.74 Å². The highest BCUT2D eigenvalue weighted by Gasteiger charge is 2.07. The van der Waals surface area contributed by atoms with Gasteiger partial charge >= 0.3 is 0 Å². The first-order chi connectivity index (χ1) is 9.43. The van der Waals surface area contributed by atoms with E-state index in [1.165, 1.54) is 0 Å². The Morgan fingerprint density at radius 1 is 0.684 bits per heavy atom. The summed E-state index contributed by atoms with van der Waals surface area (Å²) < 4.78 is 5.90. The van der Waals surface area contributed by atoms with Crippen LogP contribution < -0.4 is 4.74 Å². The van der Waals surface area contributed by atoms with Gasteiger partial charge in [0.05, 0.1) is 0 Å². The van der Waals surface area contributed by atoms with E-state index in [1.54, 1.807) is 6.20 Å². The predicted octanol–water partition coefficient (Wildman–Crippen LogP) is 4.54. The van der Waals surface area contributed by atoms with Crippen molar-refractivity contribution in [1.29, 1.82) is 0 Å². The molecule has 0 spiro atoms. The molecule has 0 amide bonds. The van der Waals surface area contributed by atoms with Crippen molar-refractivity contribution in [3.8, 4) is 22.8 Å². The lowest BCUT2D eigenvalue weighted by atomic mass is 10.1. The molecular weight excluding hydrogens is 234 g/mol. The number of hydrogen-bond donors (Lipinski definition) is 0. The molecule has 92 valence electrons. The van der Waals surface area contributed by atoms with Crippen molar-refractivity contribution in [1.82, 2.24) is 4.98 Å². The molecule has 1 heterocycles. The number of para-hydroxylation sites is 1. The van der Waals surface area contributed by atoms with Crippen molar-refractivity contribution in [3.05, 3.63) is 79.0 Å². The van der Waals surface area contributed by atoms with Crippen molar-refractivity contribution in [3.63, 3.8) is 0 Å². The summed E-state index contributed by atoms with van der Waals surface area (Å²) >= 11 is 0. The minimum atomic E-state index is 0.764. The fourth-order valence-corrected chi connectivity index (χ4v) is 1.90. The average Bonchev–Trinajstić information content (AvgIpc) is 2.50. The summed E-state index contributed by atoms with van der Waals surface area (Å²) in [5, 5.41) is 0. The third-order valence-electron chi connectivity index (χ3n) is 2.79. The Labute approximate surface area is 112 Å². The van der Waals surface area contributed by atoms with Gasteiger partial charge in [0.15, 0.2) is 5.75 Å².